The lowest BCUT2D eigenvalue weighted by Gasteiger charge is -2.27. The molecule has 250 valence electrons. The Balaban J connectivity index is 1.51. The number of allylic oxidation sites excluding steroid dienone is 1. The first-order valence-corrected chi connectivity index (χ1v) is 16.2. The van der Waals surface area contributed by atoms with Crippen molar-refractivity contribution in [1.82, 2.24) is 26.3 Å². The van der Waals surface area contributed by atoms with Gasteiger partial charge in [0.2, 0.25) is 5.91 Å². The molecule has 9 N–H and O–H groups in total. The minimum absolute atomic E-state index is 0.00835. The fourth-order valence-electron chi connectivity index (χ4n) is 7.73. The Morgan fingerprint density at radius 1 is 1.13 bits per heavy atom. The molecule has 2 saturated heterocycles. The van der Waals surface area contributed by atoms with Gasteiger partial charge in [-0.25, -0.2) is 0 Å². The van der Waals surface area contributed by atoms with Crippen molar-refractivity contribution in [1.29, 1.82) is 0 Å². The predicted octanol–water partition coefficient (Wildman–Crippen LogP) is 2.42. The molecule has 46 heavy (non-hydrogen) atoms. The van der Waals surface area contributed by atoms with E-state index in [1.54, 1.807) is 6.92 Å². The van der Waals surface area contributed by atoms with Crippen LogP contribution in [0.4, 0.5) is 0 Å². The topological polar surface area (TPSA) is 206 Å². The quantitative estimate of drug-likeness (QED) is 0.118. The molecular formula is C33H45N5O7S. The van der Waals surface area contributed by atoms with E-state index in [2.05, 4.69) is 32.8 Å². The summed E-state index contributed by atoms with van der Waals surface area (Å²) >= 11 is 4.69. The second-order valence-electron chi connectivity index (χ2n) is 13.3. The van der Waals surface area contributed by atoms with Crippen molar-refractivity contribution in [2.24, 2.45) is 11.8 Å². The lowest BCUT2D eigenvalue weighted by molar-refractivity contribution is -0.138. The molecule has 2 fully saturated rings. The molecular weight excluding hydrogens is 610 g/mol. The first-order chi connectivity index (χ1) is 21.5. The average molecular weight is 656 g/mol. The Labute approximate surface area is 273 Å². The maximum Gasteiger partial charge on any atom is 0.303 e. The molecule has 1 spiro atoms. The van der Waals surface area contributed by atoms with Crippen LogP contribution < -0.4 is 21.3 Å². The lowest BCUT2D eigenvalue weighted by Crippen LogP contribution is -2.44. The zero-order valence-electron chi connectivity index (χ0n) is 26.8. The summed E-state index contributed by atoms with van der Waals surface area (Å²) in [5, 5.41) is 53.9. The summed E-state index contributed by atoms with van der Waals surface area (Å²) in [4.78, 5) is 39.4. The first-order valence-electron chi connectivity index (χ1n) is 15.7. The van der Waals surface area contributed by atoms with Gasteiger partial charge in [-0.2, -0.15) is 12.6 Å². The molecule has 1 aromatic heterocycles. The third kappa shape index (κ3) is 5.73. The summed E-state index contributed by atoms with van der Waals surface area (Å²) in [5.41, 5.74) is 3.81. The summed E-state index contributed by atoms with van der Waals surface area (Å²) in [5.74, 6) is -2.22. The van der Waals surface area contributed by atoms with E-state index in [-0.39, 0.29) is 66.6 Å². The van der Waals surface area contributed by atoms with E-state index < -0.39 is 29.2 Å². The van der Waals surface area contributed by atoms with E-state index in [1.165, 1.54) is 6.08 Å². The Bertz CT molecular complexity index is 1570. The summed E-state index contributed by atoms with van der Waals surface area (Å²) in [6, 6.07) is -0.899. The molecule has 0 saturated carbocycles. The standard InChI is InChI=1S/C33H45N5O7S/c1-7-20-31(44)35-24(32(20,6)45)13-21-14(2)18(8-10-25(39)40)22(34-21)12-23-19(9-11-26(41)42)16(4)33(37-23)29(38-33)28-27(17(5)46)15(3)30(43)36-28/h7,12,15,17,24,27-29,34-35,37-38,44-46H,1,8-11,13H2,2-6H3,(H,36,43)(H,39,40)(H,41,42)/b23-12-/t15-,17?,24-,27+,28?,29-,32+,33+/m1/s1. The highest BCUT2D eigenvalue weighted by atomic mass is 32.1. The molecule has 1 aromatic rings. The second-order valence-corrected chi connectivity index (χ2v) is 14.1. The van der Waals surface area contributed by atoms with Crippen LogP contribution in [-0.4, -0.2) is 77.9 Å². The SMILES string of the molecule is C=CC1=C(O)N[C@H](Cc2[nH]c(/C=C3\N[C@]4(N[C@@H]4C4NC(=O)[C@H](C)[C@H]4C(C)S)C(C)=C3CCC(=O)O)c(CCC(=O)O)c2C)[C@@]1(C)O. The number of aliphatic carboxylic acids is 2. The van der Waals surface area contributed by atoms with Crippen LogP contribution in [0, 0.1) is 18.8 Å². The van der Waals surface area contributed by atoms with Gasteiger partial charge >= 0.3 is 11.9 Å². The molecule has 0 radical (unpaired) electrons. The third-order valence-corrected chi connectivity index (χ3v) is 10.8. The molecule has 2 unspecified atom stereocenters. The highest BCUT2D eigenvalue weighted by Crippen LogP contribution is 2.48. The number of amides is 1. The zero-order valence-corrected chi connectivity index (χ0v) is 27.7. The van der Waals surface area contributed by atoms with Gasteiger partial charge < -0.3 is 41.4 Å². The number of rotatable bonds is 12. The van der Waals surface area contributed by atoms with Crippen molar-refractivity contribution in [2.45, 2.75) is 101 Å². The van der Waals surface area contributed by atoms with E-state index in [0.29, 0.717) is 23.4 Å². The number of carbonyl (C=O) groups excluding carboxylic acids is 1. The molecule has 1 amide bonds. The van der Waals surface area contributed by atoms with E-state index in [9.17, 15) is 34.8 Å². The second kappa shape index (κ2) is 12.2. The zero-order chi connectivity index (χ0) is 33.9. The predicted molar refractivity (Wildman–Crippen MR) is 176 cm³/mol. The number of hydrogen-bond donors (Lipinski definition) is 10. The van der Waals surface area contributed by atoms with Crippen LogP contribution in [0.3, 0.4) is 0 Å². The number of aliphatic hydroxyl groups excluding tert-OH is 1. The van der Waals surface area contributed by atoms with E-state index in [4.69, 9.17) is 12.6 Å². The molecule has 8 atom stereocenters. The molecule has 4 aliphatic rings. The van der Waals surface area contributed by atoms with Gasteiger partial charge in [-0.05, 0) is 62.0 Å². The number of aromatic amines is 1. The molecule has 0 aliphatic carbocycles. The van der Waals surface area contributed by atoms with Gasteiger partial charge in [-0.1, -0.05) is 26.5 Å². The molecule has 5 heterocycles. The highest BCUT2D eigenvalue weighted by molar-refractivity contribution is 7.80. The number of thiol groups is 1. The van der Waals surface area contributed by atoms with Gasteiger partial charge in [-0.3, -0.25) is 19.7 Å². The number of nitrogens with one attached hydrogen (secondary N) is 5. The van der Waals surface area contributed by atoms with Crippen LogP contribution >= 0.6 is 12.6 Å². The molecule has 0 aromatic carbocycles. The van der Waals surface area contributed by atoms with E-state index in [1.807, 2.05) is 33.8 Å². The van der Waals surface area contributed by atoms with Crippen molar-refractivity contribution in [3.8, 4) is 0 Å². The monoisotopic (exact) mass is 655 g/mol. The van der Waals surface area contributed by atoms with Crippen LogP contribution in [-0.2, 0) is 27.2 Å². The lowest BCUT2D eigenvalue weighted by atomic mass is 9.85. The van der Waals surface area contributed by atoms with E-state index >= 15 is 0 Å². The fraction of sp³-hybridized carbons (Fsp3) is 0.545. The van der Waals surface area contributed by atoms with Crippen LogP contribution in [0.2, 0.25) is 0 Å². The number of aliphatic hydroxyl groups is 2. The minimum Gasteiger partial charge on any atom is -0.495 e. The number of hydrogen-bond acceptors (Lipinski definition) is 9. The minimum atomic E-state index is -1.39. The largest absolute Gasteiger partial charge is 0.495 e. The van der Waals surface area contributed by atoms with Crippen molar-refractivity contribution in [2.75, 3.05) is 0 Å². The third-order valence-electron chi connectivity index (χ3n) is 10.5. The summed E-state index contributed by atoms with van der Waals surface area (Å²) in [6.45, 7) is 13.1. The van der Waals surface area contributed by atoms with Crippen LogP contribution in [0.1, 0.15) is 69.5 Å². The van der Waals surface area contributed by atoms with Gasteiger partial charge in [-0.15, -0.1) is 0 Å². The normalized spacial score (nSPS) is 33.4. The van der Waals surface area contributed by atoms with Crippen molar-refractivity contribution >= 4 is 36.6 Å². The first kappa shape index (κ1) is 33.7. The summed E-state index contributed by atoms with van der Waals surface area (Å²) in [6.07, 6.45) is 3.97. The highest BCUT2D eigenvalue weighted by Gasteiger charge is 2.65. The maximum atomic E-state index is 12.7. The number of carboxylic acids is 2. The number of aromatic nitrogens is 1. The molecule has 4 aliphatic heterocycles. The summed E-state index contributed by atoms with van der Waals surface area (Å²) in [7, 11) is 0. The van der Waals surface area contributed by atoms with Crippen LogP contribution in [0.5, 0.6) is 0 Å². The van der Waals surface area contributed by atoms with Crippen LogP contribution in [0.15, 0.2) is 41.0 Å². The number of carbonyl (C=O) groups is 3. The molecule has 12 nitrogen and oxygen atoms in total. The van der Waals surface area contributed by atoms with Crippen molar-refractivity contribution in [3.63, 3.8) is 0 Å². The van der Waals surface area contributed by atoms with Gasteiger partial charge in [0.05, 0.1) is 18.1 Å². The van der Waals surface area contributed by atoms with Crippen molar-refractivity contribution < 1.29 is 34.8 Å². The smallest absolute Gasteiger partial charge is 0.303 e. The Morgan fingerprint density at radius 2 is 1.78 bits per heavy atom. The number of H-pyrrole nitrogens is 1. The Morgan fingerprint density at radius 3 is 2.37 bits per heavy atom. The van der Waals surface area contributed by atoms with Gasteiger partial charge in [0.15, 0.2) is 5.88 Å². The molecule has 5 rings (SSSR count). The van der Waals surface area contributed by atoms with Gasteiger partial charge in [0.25, 0.3) is 0 Å². The Kier molecular flexibility index (Phi) is 8.90. The Hall–Kier alpha value is -3.68. The van der Waals surface area contributed by atoms with E-state index in [0.717, 1.165) is 28.0 Å². The van der Waals surface area contributed by atoms with Gasteiger partial charge in [0, 0.05) is 59.0 Å². The number of carboxylic acid groups (broad SMARTS) is 2. The molecule has 0 bridgehead atoms. The van der Waals surface area contributed by atoms with Crippen molar-refractivity contribution in [3.05, 3.63) is 63.5 Å². The molecule has 13 heteroatoms. The van der Waals surface area contributed by atoms with Gasteiger partial charge in [0.1, 0.15) is 11.3 Å². The average Bonchev–Trinajstić information content (AvgIpc) is 3.27. The maximum absolute atomic E-state index is 12.7. The fourth-order valence-corrected chi connectivity index (χ4v) is 8.17. The van der Waals surface area contributed by atoms with Crippen LogP contribution in [0.25, 0.3) is 6.08 Å². The summed E-state index contributed by atoms with van der Waals surface area (Å²) < 4.78 is 0.